The van der Waals surface area contributed by atoms with Crippen molar-refractivity contribution in [3.8, 4) is 0 Å². The lowest BCUT2D eigenvalue weighted by molar-refractivity contribution is 0.318. The van der Waals surface area contributed by atoms with Crippen molar-refractivity contribution in [2.24, 2.45) is 0 Å². The van der Waals surface area contributed by atoms with E-state index in [9.17, 15) is 0 Å². The second-order valence-corrected chi connectivity index (χ2v) is 5.38. The maximum atomic E-state index is 6.03. The average Bonchev–Trinajstić information content (AvgIpc) is 2.88. The summed E-state index contributed by atoms with van der Waals surface area (Å²) in [6.45, 7) is 4.64. The summed E-state index contributed by atoms with van der Waals surface area (Å²) < 4.78 is 0. The second kappa shape index (κ2) is 4.22. The number of aryl methyl sites for hydroxylation is 1. The number of nitrogen functional groups attached to an aromatic ring is 1. The highest BCUT2D eigenvalue weighted by molar-refractivity contribution is 5.67. The highest BCUT2D eigenvalue weighted by Gasteiger charge is 2.37. The van der Waals surface area contributed by atoms with Gasteiger partial charge in [-0.25, -0.2) is 0 Å². The number of hydrogen-bond acceptors (Lipinski definition) is 3. The molecule has 2 heterocycles. The van der Waals surface area contributed by atoms with Crippen LogP contribution in [-0.2, 0) is 0 Å². The summed E-state index contributed by atoms with van der Waals surface area (Å²) in [7, 11) is 0. The largest absolute Gasteiger partial charge is 0.397 e. The third kappa shape index (κ3) is 2.00. The third-order valence-corrected chi connectivity index (χ3v) is 4.16. The number of rotatable bonds is 2. The molecule has 2 fully saturated rings. The Morgan fingerprint density at radius 2 is 2.18 bits per heavy atom. The van der Waals surface area contributed by atoms with E-state index in [-0.39, 0.29) is 0 Å². The normalized spacial score (nSPS) is 28.3. The molecule has 0 saturated carbocycles. The Morgan fingerprint density at radius 1 is 1.29 bits per heavy atom. The topological polar surface area (TPSA) is 41.3 Å². The van der Waals surface area contributed by atoms with Crippen molar-refractivity contribution in [2.45, 2.75) is 38.3 Å². The highest BCUT2D eigenvalue weighted by atomic mass is 15.2. The van der Waals surface area contributed by atoms with Crippen molar-refractivity contribution in [3.05, 3.63) is 23.8 Å². The van der Waals surface area contributed by atoms with Crippen LogP contribution in [0.15, 0.2) is 18.2 Å². The first-order valence-electron chi connectivity index (χ1n) is 6.61. The average molecular weight is 231 g/mol. The summed E-state index contributed by atoms with van der Waals surface area (Å²) in [5.74, 6) is 0. The van der Waals surface area contributed by atoms with E-state index in [0.29, 0.717) is 6.04 Å². The number of nitrogens with two attached hydrogens (primary N) is 1. The van der Waals surface area contributed by atoms with Gasteiger partial charge in [0.05, 0.1) is 11.4 Å². The van der Waals surface area contributed by atoms with Crippen LogP contribution in [0.5, 0.6) is 0 Å². The molecular weight excluding hydrogens is 210 g/mol. The predicted octanol–water partition coefficient (Wildman–Crippen LogP) is 2.23. The molecule has 17 heavy (non-hydrogen) atoms. The smallest absolute Gasteiger partial charge is 0.0579 e. The van der Waals surface area contributed by atoms with Crippen LogP contribution in [0.4, 0.5) is 11.4 Å². The van der Waals surface area contributed by atoms with Gasteiger partial charge in [0.25, 0.3) is 0 Å². The van der Waals surface area contributed by atoms with E-state index in [1.54, 1.807) is 0 Å². The predicted molar refractivity (Wildman–Crippen MR) is 72.2 cm³/mol. The minimum Gasteiger partial charge on any atom is -0.397 e. The molecule has 2 aliphatic rings. The molecule has 0 bridgehead atoms. The van der Waals surface area contributed by atoms with Gasteiger partial charge in [-0.15, -0.1) is 0 Å². The number of benzene rings is 1. The lowest BCUT2D eigenvalue weighted by atomic mass is 10.1. The molecule has 0 aromatic heterocycles. The Balaban J connectivity index is 1.76. The van der Waals surface area contributed by atoms with Crippen LogP contribution in [0.25, 0.3) is 0 Å². The Hall–Kier alpha value is -1.22. The van der Waals surface area contributed by atoms with Gasteiger partial charge in [-0.2, -0.15) is 0 Å². The standard InChI is InChI=1S/C14H21N3/c1-10-4-5-11(15)13(9-10)16-12-6-8-17-7-2-3-14(12)17/h4-5,9,12,14,16H,2-3,6-8,15H2,1H3. The van der Waals surface area contributed by atoms with E-state index in [2.05, 4.69) is 29.3 Å². The van der Waals surface area contributed by atoms with Crippen molar-refractivity contribution in [3.63, 3.8) is 0 Å². The molecule has 0 aliphatic carbocycles. The Bertz CT molecular complexity index is 416. The van der Waals surface area contributed by atoms with Crippen molar-refractivity contribution >= 4 is 11.4 Å². The van der Waals surface area contributed by atoms with Gasteiger partial charge in [-0.05, 0) is 50.4 Å². The molecule has 3 rings (SSSR count). The van der Waals surface area contributed by atoms with Gasteiger partial charge in [-0.3, -0.25) is 4.90 Å². The van der Waals surface area contributed by atoms with Gasteiger partial charge in [0.15, 0.2) is 0 Å². The summed E-state index contributed by atoms with van der Waals surface area (Å²) in [5, 5.41) is 3.65. The SMILES string of the molecule is Cc1ccc(N)c(NC2CCN3CCCC23)c1. The molecule has 2 saturated heterocycles. The van der Waals surface area contributed by atoms with Gasteiger partial charge in [0.1, 0.15) is 0 Å². The van der Waals surface area contributed by atoms with Gasteiger partial charge in [0, 0.05) is 18.6 Å². The van der Waals surface area contributed by atoms with Crippen LogP contribution in [0.1, 0.15) is 24.8 Å². The molecule has 0 spiro atoms. The number of hydrogen-bond donors (Lipinski definition) is 2. The first kappa shape index (κ1) is 10.9. The van der Waals surface area contributed by atoms with Crippen LogP contribution in [0.3, 0.4) is 0 Å². The minimum atomic E-state index is 0.585. The number of nitrogens with one attached hydrogen (secondary N) is 1. The molecule has 2 unspecified atom stereocenters. The Labute approximate surface area is 103 Å². The molecule has 1 aromatic rings. The van der Waals surface area contributed by atoms with E-state index in [0.717, 1.165) is 17.4 Å². The molecular formula is C14H21N3. The van der Waals surface area contributed by atoms with Gasteiger partial charge < -0.3 is 11.1 Å². The first-order valence-corrected chi connectivity index (χ1v) is 6.61. The van der Waals surface area contributed by atoms with E-state index in [1.165, 1.54) is 37.9 Å². The number of fused-ring (bicyclic) bond motifs is 1. The molecule has 3 N–H and O–H groups in total. The van der Waals surface area contributed by atoms with Crippen LogP contribution >= 0.6 is 0 Å². The maximum absolute atomic E-state index is 6.03. The fourth-order valence-corrected chi connectivity index (χ4v) is 3.25. The summed E-state index contributed by atoms with van der Waals surface area (Å²) in [6, 6.07) is 7.54. The monoisotopic (exact) mass is 231 g/mol. The van der Waals surface area contributed by atoms with Gasteiger partial charge in [-0.1, -0.05) is 6.07 Å². The first-order chi connectivity index (χ1) is 8.24. The summed E-state index contributed by atoms with van der Waals surface area (Å²) in [6.07, 6.45) is 3.94. The lowest BCUT2D eigenvalue weighted by Gasteiger charge is -2.23. The van der Waals surface area contributed by atoms with E-state index >= 15 is 0 Å². The highest BCUT2D eigenvalue weighted by Crippen LogP contribution is 2.31. The van der Waals surface area contributed by atoms with E-state index < -0.39 is 0 Å². The van der Waals surface area contributed by atoms with Crippen LogP contribution in [0.2, 0.25) is 0 Å². The summed E-state index contributed by atoms with van der Waals surface area (Å²) >= 11 is 0. The van der Waals surface area contributed by atoms with Crippen molar-refractivity contribution in [1.82, 2.24) is 4.90 Å². The summed E-state index contributed by atoms with van der Waals surface area (Å²) in [5.41, 5.74) is 9.28. The molecule has 0 amide bonds. The van der Waals surface area contributed by atoms with Gasteiger partial charge >= 0.3 is 0 Å². The number of nitrogens with zero attached hydrogens (tertiary/aromatic N) is 1. The van der Waals surface area contributed by atoms with E-state index in [1.807, 2.05) is 6.07 Å². The molecule has 0 radical (unpaired) electrons. The quantitative estimate of drug-likeness (QED) is 0.767. The van der Waals surface area contributed by atoms with Crippen LogP contribution in [0, 0.1) is 6.92 Å². The molecule has 3 nitrogen and oxygen atoms in total. The van der Waals surface area contributed by atoms with Crippen molar-refractivity contribution in [2.75, 3.05) is 24.1 Å². The molecule has 92 valence electrons. The number of anilines is 2. The molecule has 2 aliphatic heterocycles. The zero-order chi connectivity index (χ0) is 11.8. The maximum Gasteiger partial charge on any atom is 0.0579 e. The molecule has 2 atom stereocenters. The summed E-state index contributed by atoms with van der Waals surface area (Å²) in [4.78, 5) is 2.61. The van der Waals surface area contributed by atoms with Crippen LogP contribution < -0.4 is 11.1 Å². The van der Waals surface area contributed by atoms with Crippen LogP contribution in [-0.4, -0.2) is 30.1 Å². The zero-order valence-corrected chi connectivity index (χ0v) is 10.4. The fourth-order valence-electron chi connectivity index (χ4n) is 3.25. The minimum absolute atomic E-state index is 0.585. The van der Waals surface area contributed by atoms with Gasteiger partial charge in [0.2, 0.25) is 0 Å². The second-order valence-electron chi connectivity index (χ2n) is 5.38. The van der Waals surface area contributed by atoms with E-state index in [4.69, 9.17) is 5.73 Å². The Kier molecular flexibility index (Phi) is 2.71. The lowest BCUT2D eigenvalue weighted by Crippen LogP contribution is -2.33. The zero-order valence-electron chi connectivity index (χ0n) is 10.4. The van der Waals surface area contributed by atoms with Crippen molar-refractivity contribution < 1.29 is 0 Å². The fraction of sp³-hybridized carbons (Fsp3) is 0.571. The molecule has 1 aromatic carbocycles. The Morgan fingerprint density at radius 3 is 3.06 bits per heavy atom. The van der Waals surface area contributed by atoms with Crippen molar-refractivity contribution in [1.29, 1.82) is 0 Å². The third-order valence-electron chi connectivity index (χ3n) is 4.16. The molecule has 3 heteroatoms.